The molecule has 1 saturated heterocycles. The van der Waals surface area contributed by atoms with Crippen LogP contribution in [0, 0.1) is 33.3 Å². The minimum absolute atomic E-state index is 0.0302. The zero-order valence-corrected chi connectivity index (χ0v) is 23.0. The van der Waals surface area contributed by atoms with Crippen LogP contribution in [0.4, 0.5) is 17.1 Å². The lowest BCUT2D eigenvalue weighted by molar-refractivity contribution is -0.384. The van der Waals surface area contributed by atoms with Crippen molar-refractivity contribution in [3.05, 3.63) is 62.6 Å². The molecule has 4 bridgehead atoms. The molecule has 4 aliphatic carbocycles. The van der Waals surface area contributed by atoms with E-state index in [0.29, 0.717) is 37.4 Å². The van der Waals surface area contributed by atoms with Crippen molar-refractivity contribution in [3.8, 4) is 0 Å². The number of piperazine rings is 1. The van der Waals surface area contributed by atoms with Crippen molar-refractivity contribution >= 4 is 38.9 Å². The summed E-state index contributed by atoms with van der Waals surface area (Å²) in [5.41, 5.74) is 2.67. The van der Waals surface area contributed by atoms with E-state index in [-0.39, 0.29) is 28.0 Å². The highest BCUT2D eigenvalue weighted by atomic mass is 79.9. The molecule has 1 N–H and O–H groups in total. The van der Waals surface area contributed by atoms with Crippen LogP contribution in [0.15, 0.2) is 46.9 Å². The Kier molecular flexibility index (Phi) is 6.42. The Balaban J connectivity index is 1.17. The SMILES string of the molecule is C[C@H](Nc1cc(N2CCN(C(=O)c3ccccc3Br)CC2)ccc1[N+](=O)[O-])C12CC3CC(CC(C3)C1)C2. The second-order valence-corrected chi connectivity index (χ2v) is 12.7. The fourth-order valence-electron chi connectivity index (χ4n) is 8.06. The fraction of sp³-hybridized carbons (Fsp3) is 0.552. The van der Waals surface area contributed by atoms with Gasteiger partial charge in [-0.2, -0.15) is 0 Å². The van der Waals surface area contributed by atoms with Crippen molar-refractivity contribution in [3.63, 3.8) is 0 Å². The van der Waals surface area contributed by atoms with Gasteiger partial charge in [0.15, 0.2) is 0 Å². The summed E-state index contributed by atoms with van der Waals surface area (Å²) in [6.07, 6.45) is 7.93. The topological polar surface area (TPSA) is 78.7 Å². The maximum atomic E-state index is 13.0. The standard InChI is InChI=1S/C29H35BrN4O3/c1-19(29-16-20-12-21(17-29)14-22(13-20)18-29)31-26-15-23(6-7-27(26)34(36)37)32-8-10-33(11-9-32)28(35)24-4-2-3-5-25(24)30/h2-7,15,19-22,31H,8-14,16-18H2,1H3/t19-,20?,21?,22?,29?/m0/s1. The van der Waals surface area contributed by atoms with Gasteiger partial charge in [0.05, 0.1) is 10.5 Å². The van der Waals surface area contributed by atoms with Crippen LogP contribution >= 0.6 is 15.9 Å². The summed E-state index contributed by atoms with van der Waals surface area (Å²) >= 11 is 3.49. The Hall–Kier alpha value is -2.61. The molecular weight excluding hydrogens is 532 g/mol. The molecule has 7 nitrogen and oxygen atoms in total. The summed E-state index contributed by atoms with van der Waals surface area (Å²) in [6, 6.07) is 13.2. The molecule has 0 unspecified atom stereocenters. The molecule has 2 aromatic rings. The van der Waals surface area contributed by atoms with Gasteiger partial charge in [-0.1, -0.05) is 12.1 Å². The molecule has 8 heteroatoms. The van der Waals surface area contributed by atoms with Crippen molar-refractivity contribution in [2.24, 2.45) is 23.2 Å². The number of anilines is 2. The van der Waals surface area contributed by atoms with E-state index in [4.69, 9.17) is 0 Å². The Morgan fingerprint density at radius 2 is 1.65 bits per heavy atom. The van der Waals surface area contributed by atoms with Gasteiger partial charge < -0.3 is 15.1 Å². The average Bonchev–Trinajstić information content (AvgIpc) is 2.88. The lowest BCUT2D eigenvalue weighted by Crippen LogP contribution is -2.53. The minimum Gasteiger partial charge on any atom is -0.376 e. The second-order valence-electron chi connectivity index (χ2n) is 11.9. The molecular formula is C29H35BrN4O3. The van der Waals surface area contributed by atoms with Crippen LogP contribution in [-0.4, -0.2) is 48.0 Å². The fourth-order valence-corrected chi connectivity index (χ4v) is 8.52. The van der Waals surface area contributed by atoms with Crippen LogP contribution in [0.2, 0.25) is 0 Å². The van der Waals surface area contributed by atoms with Gasteiger partial charge in [0.1, 0.15) is 5.69 Å². The number of hydrogen-bond donors (Lipinski definition) is 1. The van der Waals surface area contributed by atoms with E-state index >= 15 is 0 Å². The molecule has 0 radical (unpaired) electrons. The average molecular weight is 568 g/mol. The number of nitro benzene ring substituents is 1. The van der Waals surface area contributed by atoms with Crippen LogP contribution < -0.4 is 10.2 Å². The first-order valence-corrected chi connectivity index (χ1v) is 14.4. The first-order valence-electron chi connectivity index (χ1n) is 13.6. The van der Waals surface area contributed by atoms with Gasteiger partial charge in [-0.3, -0.25) is 14.9 Å². The van der Waals surface area contributed by atoms with Crippen molar-refractivity contribution in [2.45, 2.75) is 51.5 Å². The Bertz CT molecular complexity index is 1170. The predicted molar refractivity (Wildman–Crippen MR) is 149 cm³/mol. The Morgan fingerprint density at radius 1 is 1.03 bits per heavy atom. The number of rotatable bonds is 6. The molecule has 5 aliphatic rings. The van der Waals surface area contributed by atoms with Crippen LogP contribution in [0.5, 0.6) is 0 Å². The maximum Gasteiger partial charge on any atom is 0.292 e. The second kappa shape index (κ2) is 9.61. The summed E-state index contributed by atoms with van der Waals surface area (Å²) in [5.74, 6) is 2.55. The van der Waals surface area contributed by atoms with Crippen molar-refractivity contribution in [1.29, 1.82) is 0 Å². The molecule has 1 heterocycles. The quantitative estimate of drug-likeness (QED) is 0.326. The zero-order valence-electron chi connectivity index (χ0n) is 21.4. The molecule has 5 fully saturated rings. The molecule has 2 aromatic carbocycles. The van der Waals surface area contributed by atoms with Crippen LogP contribution in [-0.2, 0) is 0 Å². The summed E-state index contributed by atoms with van der Waals surface area (Å²) < 4.78 is 0.807. The van der Waals surface area contributed by atoms with Gasteiger partial charge in [-0.15, -0.1) is 0 Å². The van der Waals surface area contributed by atoms with E-state index in [1.54, 1.807) is 6.07 Å². The predicted octanol–water partition coefficient (Wildman–Crippen LogP) is 6.34. The number of hydrogen-bond acceptors (Lipinski definition) is 5. The number of carbonyl (C=O) groups excluding carboxylic acids is 1. The first-order chi connectivity index (χ1) is 17.8. The highest BCUT2D eigenvalue weighted by Crippen LogP contribution is 2.61. The Morgan fingerprint density at radius 3 is 2.24 bits per heavy atom. The molecule has 1 amide bonds. The van der Waals surface area contributed by atoms with E-state index < -0.39 is 0 Å². The molecule has 7 rings (SSSR count). The van der Waals surface area contributed by atoms with Crippen LogP contribution in [0.25, 0.3) is 0 Å². The van der Waals surface area contributed by atoms with Crippen molar-refractivity contribution in [1.82, 2.24) is 4.90 Å². The molecule has 0 spiro atoms. The number of carbonyl (C=O) groups is 1. The molecule has 4 saturated carbocycles. The normalized spacial score (nSPS) is 29.3. The first kappa shape index (κ1) is 24.7. The van der Waals surface area contributed by atoms with E-state index in [1.165, 1.54) is 38.5 Å². The third-order valence-corrected chi connectivity index (χ3v) is 10.3. The smallest absolute Gasteiger partial charge is 0.292 e. The van der Waals surface area contributed by atoms with Crippen LogP contribution in [0.3, 0.4) is 0 Å². The summed E-state index contributed by atoms with van der Waals surface area (Å²) in [7, 11) is 0. The van der Waals surface area contributed by atoms with E-state index in [9.17, 15) is 14.9 Å². The highest BCUT2D eigenvalue weighted by molar-refractivity contribution is 9.10. The molecule has 0 aromatic heterocycles. The summed E-state index contributed by atoms with van der Waals surface area (Å²) in [5, 5.41) is 15.6. The number of nitrogens with zero attached hydrogens (tertiary/aromatic N) is 3. The van der Waals surface area contributed by atoms with Gasteiger partial charge in [0.25, 0.3) is 11.6 Å². The van der Waals surface area contributed by atoms with Gasteiger partial charge in [0.2, 0.25) is 0 Å². The number of halogens is 1. The van der Waals surface area contributed by atoms with Gasteiger partial charge in [0, 0.05) is 48.4 Å². The maximum absolute atomic E-state index is 13.0. The third kappa shape index (κ3) is 4.62. The lowest BCUT2D eigenvalue weighted by Gasteiger charge is -2.59. The van der Waals surface area contributed by atoms with E-state index in [2.05, 4.69) is 33.1 Å². The number of benzene rings is 2. The molecule has 37 heavy (non-hydrogen) atoms. The minimum atomic E-state index is -0.271. The van der Waals surface area contributed by atoms with Crippen LogP contribution in [0.1, 0.15) is 55.8 Å². The largest absolute Gasteiger partial charge is 0.376 e. The summed E-state index contributed by atoms with van der Waals surface area (Å²) in [6.45, 7) is 4.86. The molecule has 1 atom stereocenters. The van der Waals surface area contributed by atoms with E-state index in [0.717, 1.165) is 27.9 Å². The number of nitrogens with one attached hydrogen (secondary N) is 1. The highest BCUT2D eigenvalue weighted by Gasteiger charge is 2.53. The lowest BCUT2D eigenvalue weighted by atomic mass is 9.48. The van der Waals surface area contributed by atoms with E-state index in [1.807, 2.05) is 41.3 Å². The third-order valence-electron chi connectivity index (χ3n) is 9.59. The van der Waals surface area contributed by atoms with Gasteiger partial charge in [-0.25, -0.2) is 0 Å². The number of amides is 1. The summed E-state index contributed by atoms with van der Waals surface area (Å²) in [4.78, 5) is 28.8. The molecule has 1 aliphatic heterocycles. The zero-order chi connectivity index (χ0) is 25.7. The van der Waals surface area contributed by atoms with Crippen molar-refractivity contribution < 1.29 is 9.72 Å². The van der Waals surface area contributed by atoms with Crippen molar-refractivity contribution in [2.75, 3.05) is 36.4 Å². The number of nitro groups is 1. The van der Waals surface area contributed by atoms with Gasteiger partial charge in [-0.05, 0) is 109 Å². The Labute approximate surface area is 226 Å². The molecule has 196 valence electrons. The monoisotopic (exact) mass is 566 g/mol. The van der Waals surface area contributed by atoms with Gasteiger partial charge >= 0.3 is 0 Å².